The second kappa shape index (κ2) is 3.02. The predicted octanol–water partition coefficient (Wildman–Crippen LogP) is 3.22. The number of aromatic nitrogens is 1. The lowest BCUT2D eigenvalue weighted by Crippen LogP contribution is -1.99. The van der Waals surface area contributed by atoms with Gasteiger partial charge in [0.05, 0.1) is 0 Å². The summed E-state index contributed by atoms with van der Waals surface area (Å²) in [6, 6.07) is 2.19. The summed E-state index contributed by atoms with van der Waals surface area (Å²) < 4.78 is 3.44. The van der Waals surface area contributed by atoms with E-state index in [4.69, 9.17) is 0 Å². The van der Waals surface area contributed by atoms with E-state index >= 15 is 0 Å². The van der Waals surface area contributed by atoms with Gasteiger partial charge in [-0.1, -0.05) is 13.8 Å². The van der Waals surface area contributed by atoms with Gasteiger partial charge >= 0.3 is 0 Å². The molecule has 1 aromatic rings. The number of hydrogen-bond acceptors (Lipinski definition) is 0. The third-order valence-corrected chi connectivity index (χ3v) is 2.90. The van der Waals surface area contributed by atoms with Gasteiger partial charge in [-0.3, -0.25) is 0 Å². The Morgan fingerprint density at radius 3 is 2.18 bits per heavy atom. The Bertz CT molecular complexity index is 261. The zero-order chi connectivity index (χ0) is 8.59. The molecular weight excluding hydrogens is 202 g/mol. The van der Waals surface area contributed by atoms with Crippen molar-refractivity contribution in [3.8, 4) is 0 Å². The fourth-order valence-electron chi connectivity index (χ4n) is 1.24. The SMILES string of the molecule is Cc1c(Br)cc(C(C)C)n1C. The molecular formula is C9H14BrN. The fourth-order valence-corrected chi connectivity index (χ4v) is 1.74. The van der Waals surface area contributed by atoms with E-state index in [1.54, 1.807) is 0 Å². The van der Waals surface area contributed by atoms with Crippen molar-refractivity contribution in [2.24, 2.45) is 7.05 Å². The molecule has 0 aliphatic rings. The van der Waals surface area contributed by atoms with E-state index in [1.165, 1.54) is 15.9 Å². The number of halogens is 1. The standard InChI is InChI=1S/C9H14BrN/c1-6(2)9-5-8(10)7(3)11(9)4/h5-6H,1-4H3. The van der Waals surface area contributed by atoms with Gasteiger partial charge in [-0.15, -0.1) is 0 Å². The van der Waals surface area contributed by atoms with Crippen molar-refractivity contribution in [3.05, 3.63) is 21.9 Å². The van der Waals surface area contributed by atoms with Crippen LogP contribution in [0.3, 0.4) is 0 Å². The van der Waals surface area contributed by atoms with E-state index in [0.29, 0.717) is 5.92 Å². The third kappa shape index (κ3) is 1.51. The monoisotopic (exact) mass is 215 g/mol. The average molecular weight is 216 g/mol. The highest BCUT2D eigenvalue weighted by Gasteiger charge is 2.08. The first kappa shape index (κ1) is 8.85. The maximum absolute atomic E-state index is 3.51. The highest BCUT2D eigenvalue weighted by atomic mass is 79.9. The minimum atomic E-state index is 0.602. The Morgan fingerprint density at radius 2 is 2.00 bits per heavy atom. The minimum absolute atomic E-state index is 0.602. The molecule has 0 fully saturated rings. The largest absolute Gasteiger partial charge is 0.350 e. The maximum atomic E-state index is 3.51. The first-order valence-corrected chi connectivity index (χ1v) is 4.65. The first-order valence-electron chi connectivity index (χ1n) is 3.85. The molecule has 0 aliphatic heterocycles. The van der Waals surface area contributed by atoms with E-state index in [1.807, 2.05) is 0 Å². The van der Waals surface area contributed by atoms with Gasteiger partial charge in [-0.05, 0) is 34.8 Å². The Morgan fingerprint density at radius 1 is 1.45 bits per heavy atom. The molecule has 11 heavy (non-hydrogen) atoms. The minimum Gasteiger partial charge on any atom is -0.350 e. The normalized spacial score (nSPS) is 11.1. The topological polar surface area (TPSA) is 4.93 Å². The van der Waals surface area contributed by atoms with E-state index in [0.717, 1.165) is 0 Å². The number of hydrogen-bond donors (Lipinski definition) is 0. The Hall–Kier alpha value is -0.240. The highest BCUT2D eigenvalue weighted by molar-refractivity contribution is 9.10. The van der Waals surface area contributed by atoms with Crippen molar-refractivity contribution in [3.63, 3.8) is 0 Å². The van der Waals surface area contributed by atoms with Crippen molar-refractivity contribution in [1.82, 2.24) is 4.57 Å². The zero-order valence-corrected chi connectivity index (χ0v) is 9.07. The summed E-state index contributed by atoms with van der Waals surface area (Å²) in [5, 5.41) is 0. The molecule has 0 spiro atoms. The van der Waals surface area contributed by atoms with E-state index in [2.05, 4.69) is 54.4 Å². The van der Waals surface area contributed by atoms with Crippen molar-refractivity contribution < 1.29 is 0 Å². The molecule has 0 bridgehead atoms. The summed E-state index contributed by atoms with van der Waals surface area (Å²) in [5.74, 6) is 0.602. The van der Waals surface area contributed by atoms with Crippen LogP contribution in [0.1, 0.15) is 31.2 Å². The zero-order valence-electron chi connectivity index (χ0n) is 7.48. The van der Waals surface area contributed by atoms with Crippen LogP contribution in [-0.4, -0.2) is 4.57 Å². The Labute approximate surface area is 76.5 Å². The molecule has 62 valence electrons. The summed E-state index contributed by atoms with van der Waals surface area (Å²) in [5.41, 5.74) is 2.68. The molecule has 0 radical (unpaired) electrons. The first-order chi connectivity index (χ1) is 5.04. The molecule has 0 aromatic carbocycles. The van der Waals surface area contributed by atoms with Gasteiger partial charge in [0.1, 0.15) is 0 Å². The summed E-state index contributed by atoms with van der Waals surface area (Å²) >= 11 is 3.51. The van der Waals surface area contributed by atoms with Crippen LogP contribution in [0.2, 0.25) is 0 Å². The van der Waals surface area contributed by atoms with Gasteiger partial charge in [-0.25, -0.2) is 0 Å². The van der Waals surface area contributed by atoms with Crippen molar-refractivity contribution >= 4 is 15.9 Å². The molecule has 2 heteroatoms. The summed E-state index contributed by atoms with van der Waals surface area (Å²) in [4.78, 5) is 0. The lowest BCUT2D eigenvalue weighted by Gasteiger charge is -2.07. The summed E-state index contributed by atoms with van der Waals surface area (Å²) in [7, 11) is 2.11. The van der Waals surface area contributed by atoms with Crippen molar-refractivity contribution in [2.45, 2.75) is 26.7 Å². The number of rotatable bonds is 1. The van der Waals surface area contributed by atoms with Crippen LogP contribution in [-0.2, 0) is 7.05 Å². The van der Waals surface area contributed by atoms with Crippen LogP contribution in [0.15, 0.2) is 10.5 Å². The van der Waals surface area contributed by atoms with Gasteiger partial charge < -0.3 is 4.57 Å². The molecule has 0 N–H and O–H groups in total. The summed E-state index contributed by atoms with van der Waals surface area (Å²) in [6.45, 7) is 6.54. The Balaban J connectivity index is 3.19. The molecule has 0 saturated heterocycles. The van der Waals surface area contributed by atoms with Gasteiger partial charge in [0.2, 0.25) is 0 Å². The predicted molar refractivity (Wildman–Crippen MR) is 51.9 cm³/mol. The van der Waals surface area contributed by atoms with Gasteiger partial charge in [0.25, 0.3) is 0 Å². The Kier molecular flexibility index (Phi) is 2.43. The van der Waals surface area contributed by atoms with Gasteiger partial charge in [0.15, 0.2) is 0 Å². The third-order valence-electron chi connectivity index (χ3n) is 2.10. The molecule has 0 aliphatic carbocycles. The summed E-state index contributed by atoms with van der Waals surface area (Å²) in [6.07, 6.45) is 0. The molecule has 0 unspecified atom stereocenters. The van der Waals surface area contributed by atoms with Crippen molar-refractivity contribution in [2.75, 3.05) is 0 Å². The van der Waals surface area contributed by atoms with Crippen molar-refractivity contribution in [1.29, 1.82) is 0 Å². The van der Waals surface area contributed by atoms with Crippen LogP contribution in [0.25, 0.3) is 0 Å². The highest BCUT2D eigenvalue weighted by Crippen LogP contribution is 2.24. The average Bonchev–Trinajstić information content (AvgIpc) is 2.17. The van der Waals surface area contributed by atoms with Crippen LogP contribution in [0.5, 0.6) is 0 Å². The fraction of sp³-hybridized carbons (Fsp3) is 0.556. The molecule has 1 aromatic heterocycles. The van der Waals surface area contributed by atoms with E-state index in [9.17, 15) is 0 Å². The number of nitrogens with zero attached hydrogens (tertiary/aromatic N) is 1. The molecule has 1 rings (SSSR count). The smallest absolute Gasteiger partial charge is 0.0384 e. The van der Waals surface area contributed by atoms with Crippen LogP contribution < -0.4 is 0 Å². The second-order valence-corrected chi connectivity index (χ2v) is 4.07. The quantitative estimate of drug-likeness (QED) is 0.679. The molecule has 1 heterocycles. The van der Waals surface area contributed by atoms with Gasteiger partial charge in [0, 0.05) is 22.9 Å². The second-order valence-electron chi connectivity index (χ2n) is 3.22. The molecule has 0 amide bonds. The van der Waals surface area contributed by atoms with E-state index < -0.39 is 0 Å². The molecule has 0 saturated carbocycles. The van der Waals surface area contributed by atoms with Crippen LogP contribution >= 0.6 is 15.9 Å². The van der Waals surface area contributed by atoms with Gasteiger partial charge in [-0.2, -0.15) is 0 Å². The van der Waals surface area contributed by atoms with E-state index in [-0.39, 0.29) is 0 Å². The van der Waals surface area contributed by atoms with Crippen LogP contribution in [0.4, 0.5) is 0 Å². The van der Waals surface area contributed by atoms with Crippen LogP contribution in [0, 0.1) is 6.92 Å². The molecule has 0 atom stereocenters. The maximum Gasteiger partial charge on any atom is 0.0384 e. The lowest BCUT2D eigenvalue weighted by atomic mass is 10.1. The lowest BCUT2D eigenvalue weighted by molar-refractivity contribution is 0.726. The molecule has 1 nitrogen and oxygen atoms in total.